The molecule has 0 aliphatic carbocycles. The van der Waals surface area contributed by atoms with E-state index in [0.29, 0.717) is 17.7 Å². The van der Waals surface area contributed by atoms with Gasteiger partial charge in [0.2, 0.25) is 0 Å². The lowest BCUT2D eigenvalue weighted by molar-refractivity contribution is -0.384. The molecule has 0 unspecified atom stereocenters. The van der Waals surface area contributed by atoms with Gasteiger partial charge in [-0.3, -0.25) is 10.1 Å². The zero-order valence-corrected chi connectivity index (χ0v) is 17.5. The third-order valence-electron chi connectivity index (χ3n) is 4.70. The smallest absolute Gasteiger partial charge is 0.271 e. The zero-order valence-electron chi connectivity index (χ0n) is 16.7. The van der Waals surface area contributed by atoms with Gasteiger partial charge in [0.1, 0.15) is 5.01 Å². The molecule has 0 fully saturated rings. The van der Waals surface area contributed by atoms with Crippen molar-refractivity contribution < 1.29 is 10.0 Å². The normalized spacial score (nSPS) is 11.3. The largest absolute Gasteiger partial charge is 0.395 e. The number of thiazole rings is 1. The molecule has 8 nitrogen and oxygen atoms in total. The quantitative estimate of drug-likeness (QED) is 0.228. The molecule has 4 rings (SSSR count). The van der Waals surface area contributed by atoms with Gasteiger partial charge in [-0.25, -0.2) is 4.98 Å². The number of aromatic nitrogens is 1. The number of fused-ring (bicyclic) bond motifs is 1. The number of benzene rings is 3. The van der Waals surface area contributed by atoms with Gasteiger partial charge in [-0.2, -0.15) is 10.2 Å². The summed E-state index contributed by atoms with van der Waals surface area (Å²) in [6.07, 6.45) is 0. The molecule has 1 N–H and O–H groups in total. The van der Waals surface area contributed by atoms with Crippen molar-refractivity contribution in [3.05, 3.63) is 76.8 Å². The number of hydrogen-bond acceptors (Lipinski definition) is 8. The van der Waals surface area contributed by atoms with Gasteiger partial charge in [-0.1, -0.05) is 0 Å². The summed E-state index contributed by atoms with van der Waals surface area (Å²) < 4.78 is 0.900. The maximum Gasteiger partial charge on any atom is 0.271 e. The summed E-state index contributed by atoms with van der Waals surface area (Å²) in [6, 6.07) is 19.9. The molecule has 156 valence electrons. The average Bonchev–Trinajstić information content (AvgIpc) is 3.22. The number of rotatable bonds is 7. The van der Waals surface area contributed by atoms with Gasteiger partial charge in [0.05, 0.1) is 33.1 Å². The molecule has 0 aliphatic heterocycles. The van der Waals surface area contributed by atoms with E-state index in [4.69, 9.17) is 5.11 Å². The number of azo groups is 1. The number of nitro groups is 1. The molecule has 0 aliphatic rings. The first kappa shape index (κ1) is 20.6. The van der Waals surface area contributed by atoms with Crippen molar-refractivity contribution in [2.75, 3.05) is 25.1 Å². The molecule has 31 heavy (non-hydrogen) atoms. The fraction of sp³-hybridized carbons (Fsp3) is 0.136. The van der Waals surface area contributed by atoms with Crippen molar-refractivity contribution in [2.45, 2.75) is 0 Å². The number of hydrogen-bond donors (Lipinski definition) is 1. The van der Waals surface area contributed by atoms with Gasteiger partial charge >= 0.3 is 0 Å². The minimum absolute atomic E-state index is 0.0354. The lowest BCUT2D eigenvalue weighted by Crippen LogP contribution is -2.20. The molecule has 4 aromatic rings. The van der Waals surface area contributed by atoms with Crippen molar-refractivity contribution in [1.82, 2.24) is 4.98 Å². The second kappa shape index (κ2) is 8.99. The molecule has 1 heterocycles. The maximum atomic E-state index is 10.9. The van der Waals surface area contributed by atoms with Crippen LogP contribution >= 0.6 is 11.3 Å². The number of likely N-dealkylation sites (N-methyl/N-ethyl adjacent to an activating group) is 1. The van der Waals surface area contributed by atoms with Crippen molar-refractivity contribution in [3.8, 4) is 10.6 Å². The molecule has 0 atom stereocenters. The summed E-state index contributed by atoms with van der Waals surface area (Å²) in [6.45, 7) is 0.670. The Morgan fingerprint density at radius 2 is 1.68 bits per heavy atom. The monoisotopic (exact) mass is 433 g/mol. The van der Waals surface area contributed by atoms with E-state index < -0.39 is 4.92 Å². The van der Waals surface area contributed by atoms with E-state index >= 15 is 0 Å². The summed E-state index contributed by atoms with van der Waals surface area (Å²) in [4.78, 5) is 17.0. The summed E-state index contributed by atoms with van der Waals surface area (Å²) >= 11 is 1.49. The Morgan fingerprint density at radius 3 is 2.29 bits per heavy atom. The number of non-ortho nitro benzene ring substituents is 1. The van der Waals surface area contributed by atoms with Crippen LogP contribution in [0.1, 0.15) is 0 Å². The molecule has 0 saturated heterocycles. The SMILES string of the molecule is CN(CCO)c1ccc(N=Nc2ccc(-c3nc4cc([N+](=O)[O-])ccc4s3)cc2)cc1. The van der Waals surface area contributed by atoms with Gasteiger partial charge in [0.15, 0.2) is 0 Å². The summed E-state index contributed by atoms with van der Waals surface area (Å²) in [5.41, 5.74) is 4.01. The van der Waals surface area contributed by atoms with E-state index in [1.165, 1.54) is 23.5 Å². The molecule has 9 heteroatoms. The van der Waals surface area contributed by atoms with Crippen LogP contribution in [-0.2, 0) is 0 Å². The van der Waals surface area contributed by atoms with Crippen molar-refractivity contribution in [1.29, 1.82) is 0 Å². The van der Waals surface area contributed by atoms with E-state index in [-0.39, 0.29) is 12.3 Å². The maximum absolute atomic E-state index is 10.9. The number of anilines is 1. The van der Waals surface area contributed by atoms with Crippen LogP contribution in [0.3, 0.4) is 0 Å². The molecule has 0 amide bonds. The first-order valence-electron chi connectivity index (χ1n) is 9.53. The molecular weight excluding hydrogens is 414 g/mol. The lowest BCUT2D eigenvalue weighted by atomic mass is 10.2. The van der Waals surface area contributed by atoms with Crippen LogP contribution < -0.4 is 4.90 Å². The van der Waals surface area contributed by atoms with Crippen LogP contribution in [0.25, 0.3) is 20.8 Å². The highest BCUT2D eigenvalue weighted by Gasteiger charge is 2.11. The first-order valence-corrected chi connectivity index (χ1v) is 10.3. The van der Waals surface area contributed by atoms with E-state index in [9.17, 15) is 10.1 Å². The predicted octanol–water partition coefficient (Wildman–Crippen LogP) is 5.72. The molecule has 0 saturated carbocycles. The third-order valence-corrected chi connectivity index (χ3v) is 5.79. The van der Waals surface area contributed by atoms with Gasteiger partial charge < -0.3 is 10.0 Å². The van der Waals surface area contributed by atoms with Crippen molar-refractivity contribution in [3.63, 3.8) is 0 Å². The standard InChI is InChI=1S/C22H19N5O3S/c1-26(12-13-28)18-8-6-17(7-9-18)25-24-16-4-2-15(3-5-16)22-23-20-14-19(27(29)30)10-11-21(20)31-22/h2-11,14,28H,12-13H2,1H3. The molecular formula is C22H19N5O3S. The van der Waals surface area contributed by atoms with Crippen LogP contribution in [0, 0.1) is 10.1 Å². The number of aliphatic hydroxyl groups excluding tert-OH is 1. The third kappa shape index (κ3) is 4.73. The van der Waals surface area contributed by atoms with E-state index in [0.717, 1.165) is 26.6 Å². The van der Waals surface area contributed by atoms with Gasteiger partial charge in [0, 0.05) is 37.0 Å². The highest BCUT2D eigenvalue weighted by molar-refractivity contribution is 7.21. The Bertz CT molecular complexity index is 1240. The second-order valence-electron chi connectivity index (χ2n) is 6.84. The van der Waals surface area contributed by atoms with Crippen LogP contribution in [0.4, 0.5) is 22.7 Å². The van der Waals surface area contributed by atoms with E-state index in [2.05, 4.69) is 15.2 Å². The molecule has 3 aromatic carbocycles. The Hall–Kier alpha value is -3.69. The number of aliphatic hydroxyl groups is 1. The van der Waals surface area contributed by atoms with E-state index in [1.807, 2.05) is 60.5 Å². The van der Waals surface area contributed by atoms with Crippen LogP contribution in [-0.4, -0.2) is 35.2 Å². The predicted molar refractivity (Wildman–Crippen MR) is 123 cm³/mol. The first-order chi connectivity index (χ1) is 15.0. The zero-order chi connectivity index (χ0) is 21.8. The molecule has 0 spiro atoms. The molecule has 1 aromatic heterocycles. The minimum Gasteiger partial charge on any atom is -0.395 e. The van der Waals surface area contributed by atoms with Gasteiger partial charge in [-0.05, 0) is 54.6 Å². The molecule has 0 bridgehead atoms. The van der Waals surface area contributed by atoms with Crippen LogP contribution in [0.15, 0.2) is 77.0 Å². The Labute approximate surface area is 182 Å². The highest BCUT2D eigenvalue weighted by Crippen LogP contribution is 2.33. The Balaban J connectivity index is 1.48. The average molecular weight is 433 g/mol. The Morgan fingerprint density at radius 1 is 1.03 bits per heavy atom. The fourth-order valence-electron chi connectivity index (χ4n) is 2.99. The number of nitrogens with zero attached hydrogens (tertiary/aromatic N) is 5. The van der Waals surface area contributed by atoms with Gasteiger partial charge in [0.25, 0.3) is 5.69 Å². The summed E-state index contributed by atoms with van der Waals surface area (Å²) in [7, 11) is 1.92. The van der Waals surface area contributed by atoms with E-state index in [1.54, 1.807) is 6.07 Å². The van der Waals surface area contributed by atoms with Gasteiger partial charge in [-0.15, -0.1) is 11.3 Å². The van der Waals surface area contributed by atoms with Crippen molar-refractivity contribution in [2.24, 2.45) is 10.2 Å². The fourth-order valence-corrected chi connectivity index (χ4v) is 3.94. The second-order valence-corrected chi connectivity index (χ2v) is 7.87. The highest BCUT2D eigenvalue weighted by atomic mass is 32.1. The van der Waals surface area contributed by atoms with Crippen LogP contribution in [0.5, 0.6) is 0 Å². The summed E-state index contributed by atoms with van der Waals surface area (Å²) in [5.74, 6) is 0. The van der Waals surface area contributed by atoms with Crippen molar-refractivity contribution >= 4 is 44.3 Å². The van der Waals surface area contributed by atoms with Crippen LogP contribution in [0.2, 0.25) is 0 Å². The topological polar surface area (TPSA) is 104 Å². The Kier molecular flexibility index (Phi) is 5.96. The summed E-state index contributed by atoms with van der Waals surface area (Å²) in [5, 5.41) is 29.3. The number of nitro benzene ring substituents is 1. The lowest BCUT2D eigenvalue weighted by Gasteiger charge is -2.17. The minimum atomic E-state index is -0.417. The molecule has 0 radical (unpaired) electrons.